The second-order valence-corrected chi connectivity index (χ2v) is 6.11. The summed E-state index contributed by atoms with van der Waals surface area (Å²) in [5, 5.41) is 27.2. The number of para-hydroxylation sites is 1. The zero-order valence-corrected chi connectivity index (χ0v) is 14.6. The van der Waals surface area contributed by atoms with Gasteiger partial charge in [-0.05, 0) is 31.2 Å². The number of hydrogen-bond donors (Lipinski definition) is 3. The second-order valence-electron chi connectivity index (χ2n) is 6.11. The van der Waals surface area contributed by atoms with Crippen molar-refractivity contribution in [3.05, 3.63) is 66.2 Å². The molecular weight excluding hydrogens is 344 g/mol. The van der Waals surface area contributed by atoms with Crippen molar-refractivity contribution in [2.24, 2.45) is 0 Å². The van der Waals surface area contributed by atoms with E-state index < -0.39 is 0 Å². The first kappa shape index (κ1) is 16.9. The highest BCUT2D eigenvalue weighted by Crippen LogP contribution is 2.26. The summed E-state index contributed by atoms with van der Waals surface area (Å²) in [6.07, 6.45) is 3.09. The van der Waals surface area contributed by atoms with Crippen LogP contribution < -0.4 is 5.32 Å². The Morgan fingerprint density at radius 3 is 2.78 bits per heavy atom. The van der Waals surface area contributed by atoms with Crippen LogP contribution >= 0.6 is 0 Å². The molecule has 0 saturated heterocycles. The molecule has 0 bridgehead atoms. The Hall–Kier alpha value is -3.52. The summed E-state index contributed by atoms with van der Waals surface area (Å²) >= 11 is 0. The van der Waals surface area contributed by atoms with Crippen molar-refractivity contribution in [1.82, 2.24) is 24.6 Å². The number of phenolic OH excluding ortho intramolecular Hbond substituents is 1. The zero-order chi connectivity index (χ0) is 18.8. The van der Waals surface area contributed by atoms with Gasteiger partial charge in [0.25, 0.3) is 0 Å². The van der Waals surface area contributed by atoms with Crippen molar-refractivity contribution in [3.63, 3.8) is 0 Å². The number of aliphatic hydroxyl groups is 1. The summed E-state index contributed by atoms with van der Waals surface area (Å²) in [6.45, 7) is 1.79. The second kappa shape index (κ2) is 7.00. The molecule has 0 aliphatic heterocycles. The van der Waals surface area contributed by atoms with Gasteiger partial charge in [0, 0.05) is 5.56 Å². The van der Waals surface area contributed by atoms with Crippen molar-refractivity contribution in [3.8, 4) is 17.1 Å². The highest BCUT2D eigenvalue weighted by molar-refractivity contribution is 5.60. The van der Waals surface area contributed by atoms with Gasteiger partial charge in [-0.25, -0.2) is 19.5 Å². The highest BCUT2D eigenvalue weighted by Gasteiger charge is 2.13. The van der Waals surface area contributed by atoms with E-state index in [-0.39, 0.29) is 18.4 Å². The zero-order valence-electron chi connectivity index (χ0n) is 14.6. The van der Waals surface area contributed by atoms with E-state index in [0.29, 0.717) is 28.5 Å². The number of benzene rings is 1. The maximum Gasteiger partial charge on any atom is 0.154 e. The Labute approximate surface area is 155 Å². The smallest absolute Gasteiger partial charge is 0.154 e. The standard InChI is InChI=1S/C19H18N6O2/c1-12(14-4-2-3-5-17(14)27)23-18-6-7-19-20-9-16(25(19)24-18)15-8-13(10-26)21-11-22-15/h2-9,11-12,26-27H,10H2,1H3,(H,23,24). The number of hydrogen-bond acceptors (Lipinski definition) is 7. The maximum atomic E-state index is 10.0. The lowest BCUT2D eigenvalue weighted by Crippen LogP contribution is -2.10. The van der Waals surface area contributed by atoms with Crippen LogP contribution in [0.4, 0.5) is 5.82 Å². The first-order valence-corrected chi connectivity index (χ1v) is 8.47. The number of nitrogens with zero attached hydrogens (tertiary/aromatic N) is 5. The summed E-state index contributed by atoms with van der Waals surface area (Å²) in [5.74, 6) is 0.869. The molecule has 3 N–H and O–H groups in total. The quantitative estimate of drug-likeness (QED) is 0.501. The van der Waals surface area contributed by atoms with Crippen LogP contribution in [0.3, 0.4) is 0 Å². The van der Waals surface area contributed by atoms with Gasteiger partial charge in [0.2, 0.25) is 0 Å². The van der Waals surface area contributed by atoms with Crippen molar-refractivity contribution in [1.29, 1.82) is 0 Å². The van der Waals surface area contributed by atoms with Crippen LogP contribution in [0.2, 0.25) is 0 Å². The number of imidazole rings is 1. The fourth-order valence-electron chi connectivity index (χ4n) is 2.90. The Morgan fingerprint density at radius 1 is 1.11 bits per heavy atom. The normalized spacial score (nSPS) is 12.2. The number of aromatic hydroxyl groups is 1. The molecule has 0 saturated carbocycles. The minimum absolute atomic E-state index is 0.136. The van der Waals surface area contributed by atoms with E-state index >= 15 is 0 Å². The van der Waals surface area contributed by atoms with Crippen LogP contribution in [-0.4, -0.2) is 34.8 Å². The third-order valence-electron chi connectivity index (χ3n) is 4.28. The van der Waals surface area contributed by atoms with Crippen LogP contribution in [-0.2, 0) is 6.61 Å². The molecule has 0 spiro atoms. The van der Waals surface area contributed by atoms with Gasteiger partial charge in [0.1, 0.15) is 23.6 Å². The molecule has 0 aliphatic rings. The van der Waals surface area contributed by atoms with E-state index in [0.717, 1.165) is 5.56 Å². The molecule has 136 valence electrons. The fraction of sp³-hybridized carbons (Fsp3) is 0.158. The third kappa shape index (κ3) is 3.30. The summed E-state index contributed by atoms with van der Waals surface area (Å²) in [6, 6.07) is 12.4. The van der Waals surface area contributed by atoms with E-state index in [1.165, 1.54) is 6.33 Å². The molecule has 1 atom stereocenters. The molecule has 3 aromatic heterocycles. The first-order chi connectivity index (χ1) is 13.2. The van der Waals surface area contributed by atoms with Crippen LogP contribution in [0.25, 0.3) is 17.0 Å². The van der Waals surface area contributed by atoms with Gasteiger partial charge < -0.3 is 15.5 Å². The number of nitrogens with one attached hydrogen (secondary N) is 1. The number of aliphatic hydroxyl groups excluding tert-OH is 1. The van der Waals surface area contributed by atoms with Crippen LogP contribution in [0.5, 0.6) is 5.75 Å². The molecule has 0 aliphatic carbocycles. The fourth-order valence-corrected chi connectivity index (χ4v) is 2.90. The largest absolute Gasteiger partial charge is 0.508 e. The Kier molecular flexibility index (Phi) is 4.39. The number of anilines is 1. The molecule has 0 fully saturated rings. The molecule has 3 heterocycles. The molecule has 4 rings (SSSR count). The molecule has 4 aromatic rings. The van der Waals surface area contributed by atoms with Crippen LogP contribution in [0, 0.1) is 0 Å². The monoisotopic (exact) mass is 362 g/mol. The number of rotatable bonds is 5. The van der Waals surface area contributed by atoms with Crippen molar-refractivity contribution in [2.75, 3.05) is 5.32 Å². The predicted octanol–water partition coefficient (Wildman–Crippen LogP) is 2.56. The van der Waals surface area contributed by atoms with Crippen molar-refractivity contribution < 1.29 is 10.2 Å². The van der Waals surface area contributed by atoms with E-state index in [4.69, 9.17) is 0 Å². The van der Waals surface area contributed by atoms with E-state index in [2.05, 4.69) is 25.4 Å². The summed E-state index contributed by atoms with van der Waals surface area (Å²) < 4.78 is 1.68. The average molecular weight is 362 g/mol. The van der Waals surface area contributed by atoms with E-state index in [1.54, 1.807) is 28.9 Å². The van der Waals surface area contributed by atoms with E-state index in [9.17, 15) is 10.2 Å². The Balaban J connectivity index is 1.68. The van der Waals surface area contributed by atoms with Gasteiger partial charge in [-0.2, -0.15) is 0 Å². The van der Waals surface area contributed by atoms with Gasteiger partial charge >= 0.3 is 0 Å². The lowest BCUT2D eigenvalue weighted by Gasteiger charge is -2.16. The minimum Gasteiger partial charge on any atom is -0.508 e. The van der Waals surface area contributed by atoms with Gasteiger partial charge in [-0.1, -0.05) is 18.2 Å². The Morgan fingerprint density at radius 2 is 1.96 bits per heavy atom. The molecule has 1 unspecified atom stereocenters. The molecular formula is C19H18N6O2. The van der Waals surface area contributed by atoms with Gasteiger partial charge in [0.15, 0.2) is 5.65 Å². The van der Waals surface area contributed by atoms with Gasteiger partial charge in [-0.15, -0.1) is 5.10 Å². The van der Waals surface area contributed by atoms with Crippen molar-refractivity contribution >= 4 is 11.5 Å². The molecule has 0 amide bonds. The molecule has 0 radical (unpaired) electrons. The predicted molar refractivity (Wildman–Crippen MR) is 100 cm³/mol. The summed E-state index contributed by atoms with van der Waals surface area (Å²) in [5.41, 5.74) is 3.31. The van der Waals surface area contributed by atoms with Crippen molar-refractivity contribution in [2.45, 2.75) is 19.6 Å². The maximum absolute atomic E-state index is 10.0. The van der Waals surface area contributed by atoms with E-state index in [1.807, 2.05) is 31.2 Å². The Bertz CT molecular complexity index is 1090. The molecule has 1 aromatic carbocycles. The third-order valence-corrected chi connectivity index (χ3v) is 4.28. The lowest BCUT2D eigenvalue weighted by atomic mass is 10.1. The van der Waals surface area contributed by atoms with Gasteiger partial charge in [0.05, 0.1) is 30.2 Å². The molecule has 8 heteroatoms. The summed E-state index contributed by atoms with van der Waals surface area (Å²) in [7, 11) is 0. The average Bonchev–Trinajstić information content (AvgIpc) is 3.11. The number of aromatic nitrogens is 5. The molecule has 8 nitrogen and oxygen atoms in total. The summed E-state index contributed by atoms with van der Waals surface area (Å²) in [4.78, 5) is 12.6. The number of fused-ring (bicyclic) bond motifs is 1. The van der Waals surface area contributed by atoms with Crippen LogP contribution in [0.1, 0.15) is 24.2 Å². The number of phenols is 1. The SMILES string of the molecule is CC(Nc1ccc2ncc(-c3cc(CO)ncn3)n2n1)c1ccccc1O. The van der Waals surface area contributed by atoms with Gasteiger partial charge in [-0.3, -0.25) is 0 Å². The molecule has 27 heavy (non-hydrogen) atoms. The highest BCUT2D eigenvalue weighted by atomic mass is 16.3. The minimum atomic E-state index is -0.162. The lowest BCUT2D eigenvalue weighted by molar-refractivity contribution is 0.276. The first-order valence-electron chi connectivity index (χ1n) is 8.47. The topological polar surface area (TPSA) is 108 Å². The van der Waals surface area contributed by atoms with Crippen LogP contribution in [0.15, 0.2) is 55.0 Å².